The highest BCUT2D eigenvalue weighted by atomic mass is 16.5. The summed E-state index contributed by atoms with van der Waals surface area (Å²) in [5.41, 5.74) is 1.86. The zero-order valence-electron chi connectivity index (χ0n) is 12.1. The first-order valence-electron chi connectivity index (χ1n) is 6.82. The molecule has 0 spiro atoms. The van der Waals surface area contributed by atoms with Crippen LogP contribution < -0.4 is 5.32 Å². The van der Waals surface area contributed by atoms with E-state index < -0.39 is 24.0 Å². The van der Waals surface area contributed by atoms with Crippen molar-refractivity contribution < 1.29 is 19.1 Å². The molecule has 6 heteroatoms. The molecule has 1 aliphatic rings. The van der Waals surface area contributed by atoms with Gasteiger partial charge in [-0.2, -0.15) is 0 Å². The van der Waals surface area contributed by atoms with Crippen molar-refractivity contribution in [1.82, 2.24) is 10.2 Å². The van der Waals surface area contributed by atoms with Crippen LogP contribution in [0.2, 0.25) is 0 Å². The summed E-state index contributed by atoms with van der Waals surface area (Å²) in [6, 6.07) is 7.05. The van der Waals surface area contributed by atoms with Crippen molar-refractivity contribution in [2.75, 3.05) is 13.1 Å². The van der Waals surface area contributed by atoms with Crippen LogP contribution in [0.3, 0.4) is 0 Å². The predicted octanol–water partition coefficient (Wildman–Crippen LogP) is 1.02. The molecule has 0 saturated carbocycles. The molecule has 21 heavy (non-hydrogen) atoms. The molecule has 1 N–H and O–H groups in total. The first-order chi connectivity index (χ1) is 9.99. The number of nitrogens with one attached hydrogen (secondary N) is 1. The monoisotopic (exact) mass is 290 g/mol. The number of carbonyl (C=O) groups excluding carboxylic acids is 3. The fraction of sp³-hybridized carbons (Fsp3) is 0.400. The Labute approximate surface area is 123 Å². The Hall–Kier alpha value is -2.37. The number of esters is 1. The van der Waals surface area contributed by atoms with Crippen LogP contribution in [0.1, 0.15) is 18.1 Å². The minimum absolute atomic E-state index is 0.108. The molecule has 2 rings (SSSR count). The number of urea groups is 1. The van der Waals surface area contributed by atoms with Gasteiger partial charge in [-0.3, -0.25) is 14.5 Å². The minimum Gasteiger partial charge on any atom is -0.452 e. The van der Waals surface area contributed by atoms with E-state index in [9.17, 15) is 14.4 Å². The van der Waals surface area contributed by atoms with E-state index in [1.807, 2.05) is 31.2 Å². The fourth-order valence-corrected chi connectivity index (χ4v) is 2.15. The molecule has 6 nitrogen and oxygen atoms in total. The molecule has 1 fully saturated rings. The quantitative estimate of drug-likeness (QED) is 0.840. The average molecular weight is 290 g/mol. The third-order valence-electron chi connectivity index (χ3n) is 3.37. The molecule has 0 unspecified atom stereocenters. The molecule has 0 aromatic heterocycles. The second kappa shape index (κ2) is 6.39. The van der Waals surface area contributed by atoms with Gasteiger partial charge in [-0.25, -0.2) is 4.79 Å². The zero-order valence-corrected chi connectivity index (χ0v) is 12.1. The van der Waals surface area contributed by atoms with Crippen molar-refractivity contribution in [1.29, 1.82) is 0 Å². The summed E-state index contributed by atoms with van der Waals surface area (Å²) in [6.07, 6.45) is -0.860. The van der Waals surface area contributed by atoms with E-state index in [4.69, 9.17) is 4.74 Å². The molecule has 1 aliphatic heterocycles. The van der Waals surface area contributed by atoms with E-state index in [0.29, 0.717) is 13.1 Å². The van der Waals surface area contributed by atoms with Crippen molar-refractivity contribution in [3.8, 4) is 0 Å². The second-order valence-corrected chi connectivity index (χ2v) is 4.96. The smallest absolute Gasteiger partial charge is 0.324 e. The Bertz CT molecular complexity index is 571. The van der Waals surface area contributed by atoms with E-state index in [-0.39, 0.29) is 6.42 Å². The number of imide groups is 1. The first-order valence-corrected chi connectivity index (χ1v) is 6.82. The van der Waals surface area contributed by atoms with Gasteiger partial charge >= 0.3 is 12.0 Å². The SMILES string of the molecule is Cc1ccccc1CC(=O)O[C@H](C)C(=O)N1CCNC1=O. The molecule has 1 aromatic carbocycles. The van der Waals surface area contributed by atoms with E-state index in [2.05, 4.69) is 5.32 Å². The lowest BCUT2D eigenvalue weighted by Gasteiger charge is -2.18. The number of hydrogen-bond acceptors (Lipinski definition) is 4. The van der Waals surface area contributed by atoms with Crippen LogP contribution in [0, 0.1) is 6.92 Å². The van der Waals surface area contributed by atoms with Gasteiger partial charge in [0.2, 0.25) is 0 Å². The van der Waals surface area contributed by atoms with Crippen molar-refractivity contribution in [3.05, 3.63) is 35.4 Å². The number of nitrogens with zero attached hydrogens (tertiary/aromatic N) is 1. The standard InChI is InChI=1S/C15H18N2O4/c1-10-5-3-4-6-12(10)9-13(18)21-11(2)14(19)17-8-7-16-15(17)20/h3-6,11H,7-9H2,1-2H3,(H,16,20)/t11-/m1/s1. The Morgan fingerprint density at radius 3 is 2.71 bits per heavy atom. The lowest BCUT2D eigenvalue weighted by atomic mass is 10.1. The van der Waals surface area contributed by atoms with E-state index >= 15 is 0 Å². The van der Waals surface area contributed by atoms with Crippen molar-refractivity contribution in [3.63, 3.8) is 0 Å². The largest absolute Gasteiger partial charge is 0.452 e. The molecule has 1 heterocycles. The average Bonchev–Trinajstić information content (AvgIpc) is 2.86. The summed E-state index contributed by atoms with van der Waals surface area (Å²) in [6.45, 7) is 4.11. The molecule has 112 valence electrons. The summed E-state index contributed by atoms with van der Waals surface area (Å²) < 4.78 is 5.12. The van der Waals surface area contributed by atoms with E-state index in [1.165, 1.54) is 6.92 Å². The van der Waals surface area contributed by atoms with Gasteiger partial charge in [-0.05, 0) is 25.0 Å². The summed E-state index contributed by atoms with van der Waals surface area (Å²) in [7, 11) is 0. The number of aryl methyl sites for hydroxylation is 1. The van der Waals surface area contributed by atoms with Crippen LogP contribution in [-0.4, -0.2) is 42.0 Å². The maximum absolute atomic E-state index is 12.0. The van der Waals surface area contributed by atoms with E-state index in [0.717, 1.165) is 16.0 Å². The Morgan fingerprint density at radius 2 is 2.10 bits per heavy atom. The number of rotatable bonds is 4. The summed E-state index contributed by atoms with van der Waals surface area (Å²) in [5, 5.41) is 2.53. The Morgan fingerprint density at radius 1 is 1.38 bits per heavy atom. The lowest BCUT2D eigenvalue weighted by Crippen LogP contribution is -2.42. The minimum atomic E-state index is -0.967. The molecule has 1 saturated heterocycles. The third-order valence-corrected chi connectivity index (χ3v) is 3.37. The van der Waals surface area contributed by atoms with Crippen LogP contribution in [0.15, 0.2) is 24.3 Å². The van der Waals surface area contributed by atoms with Gasteiger partial charge in [-0.15, -0.1) is 0 Å². The van der Waals surface area contributed by atoms with Gasteiger partial charge < -0.3 is 10.1 Å². The van der Waals surface area contributed by atoms with E-state index in [1.54, 1.807) is 0 Å². The number of ether oxygens (including phenoxy) is 1. The fourth-order valence-electron chi connectivity index (χ4n) is 2.15. The van der Waals surface area contributed by atoms with Gasteiger partial charge in [0.25, 0.3) is 5.91 Å². The second-order valence-electron chi connectivity index (χ2n) is 4.96. The number of hydrogen-bond donors (Lipinski definition) is 1. The molecule has 0 aliphatic carbocycles. The molecule has 0 radical (unpaired) electrons. The van der Waals surface area contributed by atoms with Gasteiger partial charge in [0.05, 0.1) is 6.42 Å². The topological polar surface area (TPSA) is 75.7 Å². The van der Waals surface area contributed by atoms with Crippen molar-refractivity contribution >= 4 is 17.9 Å². The molecular formula is C15H18N2O4. The first kappa shape index (κ1) is 15.0. The van der Waals surface area contributed by atoms with Gasteiger partial charge in [0.15, 0.2) is 6.10 Å². The van der Waals surface area contributed by atoms with Gasteiger partial charge in [0.1, 0.15) is 0 Å². The summed E-state index contributed by atoms with van der Waals surface area (Å²) in [5.74, 6) is -0.979. The maximum Gasteiger partial charge on any atom is 0.324 e. The lowest BCUT2D eigenvalue weighted by molar-refractivity contribution is -0.156. The predicted molar refractivity (Wildman–Crippen MR) is 75.5 cm³/mol. The third kappa shape index (κ3) is 3.59. The van der Waals surface area contributed by atoms with Crippen molar-refractivity contribution in [2.45, 2.75) is 26.4 Å². The Balaban J connectivity index is 1.91. The Kier molecular flexibility index (Phi) is 4.57. The highest BCUT2D eigenvalue weighted by molar-refractivity contribution is 5.98. The molecule has 1 aromatic rings. The summed E-state index contributed by atoms with van der Waals surface area (Å²) in [4.78, 5) is 36.3. The number of benzene rings is 1. The van der Waals surface area contributed by atoms with Gasteiger partial charge in [-0.1, -0.05) is 24.3 Å². The summed E-state index contributed by atoms with van der Waals surface area (Å²) >= 11 is 0. The van der Waals surface area contributed by atoms with Crippen LogP contribution in [-0.2, 0) is 20.7 Å². The van der Waals surface area contributed by atoms with Crippen LogP contribution in [0.4, 0.5) is 4.79 Å². The number of carbonyl (C=O) groups is 3. The molecule has 1 atom stereocenters. The van der Waals surface area contributed by atoms with Gasteiger partial charge in [0, 0.05) is 13.1 Å². The van der Waals surface area contributed by atoms with Crippen LogP contribution >= 0.6 is 0 Å². The highest BCUT2D eigenvalue weighted by Gasteiger charge is 2.31. The maximum atomic E-state index is 12.0. The number of amides is 3. The van der Waals surface area contributed by atoms with Crippen LogP contribution in [0.25, 0.3) is 0 Å². The van der Waals surface area contributed by atoms with Crippen LogP contribution in [0.5, 0.6) is 0 Å². The molecule has 0 bridgehead atoms. The highest BCUT2D eigenvalue weighted by Crippen LogP contribution is 2.10. The van der Waals surface area contributed by atoms with Crippen molar-refractivity contribution in [2.24, 2.45) is 0 Å². The molecule has 3 amide bonds. The zero-order chi connectivity index (χ0) is 15.4. The molecular weight excluding hydrogens is 272 g/mol. The normalized spacial score (nSPS) is 15.5.